The Labute approximate surface area is 128 Å². The van der Waals surface area contributed by atoms with Gasteiger partial charge in [0, 0.05) is 12.1 Å². The predicted octanol–water partition coefficient (Wildman–Crippen LogP) is 2.49. The van der Waals surface area contributed by atoms with Crippen LogP contribution in [-0.2, 0) is 16.1 Å². The molecule has 0 radical (unpaired) electrons. The molecule has 2 amide bonds. The third kappa shape index (κ3) is 2.75. The molecule has 0 spiro atoms. The summed E-state index contributed by atoms with van der Waals surface area (Å²) in [6.45, 7) is 5.16. The first-order valence-electron chi connectivity index (χ1n) is 6.86. The van der Waals surface area contributed by atoms with Crippen LogP contribution in [0.15, 0.2) is 18.2 Å². The number of hydrogen-bond donors (Lipinski definition) is 1. The second-order valence-corrected chi connectivity index (χ2v) is 5.90. The summed E-state index contributed by atoms with van der Waals surface area (Å²) >= 11 is 5.76. The number of rotatable bonds is 3. The Morgan fingerprint density at radius 3 is 2.71 bits per heavy atom. The SMILES string of the molecule is CCC1(C)NC(=O)C(C)N(Cc2cccc(Cl)c2F)C1=O. The Balaban J connectivity index is 2.34. The molecular weight excluding hydrogens is 295 g/mol. The Bertz CT molecular complexity index is 593. The van der Waals surface area contributed by atoms with Gasteiger partial charge in [0.2, 0.25) is 11.8 Å². The molecule has 1 N–H and O–H groups in total. The van der Waals surface area contributed by atoms with Gasteiger partial charge in [0.1, 0.15) is 17.4 Å². The van der Waals surface area contributed by atoms with Gasteiger partial charge in [0.15, 0.2) is 0 Å². The highest BCUT2D eigenvalue weighted by Gasteiger charge is 2.45. The molecule has 1 aromatic rings. The van der Waals surface area contributed by atoms with E-state index in [1.807, 2.05) is 6.92 Å². The molecule has 6 heteroatoms. The maximum Gasteiger partial charge on any atom is 0.249 e. The minimum absolute atomic E-state index is 0.00677. The van der Waals surface area contributed by atoms with Crippen LogP contribution in [0.3, 0.4) is 0 Å². The zero-order chi connectivity index (χ0) is 15.8. The summed E-state index contributed by atoms with van der Waals surface area (Å²) in [6.07, 6.45) is 0.471. The van der Waals surface area contributed by atoms with E-state index in [9.17, 15) is 14.0 Å². The van der Waals surface area contributed by atoms with Crippen LogP contribution < -0.4 is 5.32 Å². The lowest BCUT2D eigenvalue weighted by molar-refractivity contribution is -0.154. The fourth-order valence-corrected chi connectivity index (χ4v) is 2.56. The van der Waals surface area contributed by atoms with Crippen LogP contribution >= 0.6 is 11.6 Å². The lowest BCUT2D eigenvalue weighted by Crippen LogP contribution is -2.68. The molecule has 1 heterocycles. The smallest absolute Gasteiger partial charge is 0.249 e. The van der Waals surface area contributed by atoms with Crippen LogP contribution in [0.5, 0.6) is 0 Å². The lowest BCUT2D eigenvalue weighted by Gasteiger charge is -2.43. The monoisotopic (exact) mass is 312 g/mol. The van der Waals surface area contributed by atoms with Gasteiger partial charge in [0.05, 0.1) is 5.02 Å². The van der Waals surface area contributed by atoms with E-state index in [4.69, 9.17) is 11.6 Å². The maximum absolute atomic E-state index is 14.0. The second kappa shape index (κ2) is 5.64. The molecule has 21 heavy (non-hydrogen) atoms. The summed E-state index contributed by atoms with van der Waals surface area (Å²) in [4.78, 5) is 26.0. The molecule has 0 aliphatic carbocycles. The molecule has 4 nitrogen and oxygen atoms in total. The maximum atomic E-state index is 14.0. The van der Waals surface area contributed by atoms with Gasteiger partial charge in [-0.15, -0.1) is 0 Å². The summed E-state index contributed by atoms with van der Waals surface area (Å²) in [5, 5.41) is 2.74. The Morgan fingerprint density at radius 1 is 1.43 bits per heavy atom. The van der Waals surface area contributed by atoms with E-state index in [0.29, 0.717) is 12.0 Å². The lowest BCUT2D eigenvalue weighted by atomic mass is 9.92. The van der Waals surface area contributed by atoms with Crippen molar-refractivity contribution in [3.8, 4) is 0 Å². The number of carbonyl (C=O) groups is 2. The van der Waals surface area contributed by atoms with Crippen molar-refractivity contribution >= 4 is 23.4 Å². The zero-order valence-electron chi connectivity index (χ0n) is 12.2. The predicted molar refractivity (Wildman–Crippen MR) is 78.3 cm³/mol. The summed E-state index contributed by atoms with van der Waals surface area (Å²) in [7, 11) is 0. The summed E-state index contributed by atoms with van der Waals surface area (Å²) in [6, 6.07) is 4.00. The van der Waals surface area contributed by atoms with Crippen LogP contribution in [-0.4, -0.2) is 28.3 Å². The third-order valence-corrected chi connectivity index (χ3v) is 4.35. The molecule has 1 saturated heterocycles. The number of halogens is 2. The molecule has 114 valence electrons. The number of hydrogen-bond acceptors (Lipinski definition) is 2. The van der Waals surface area contributed by atoms with Crippen molar-refractivity contribution in [1.82, 2.24) is 10.2 Å². The average Bonchev–Trinajstić information content (AvgIpc) is 2.46. The highest BCUT2D eigenvalue weighted by Crippen LogP contribution is 2.25. The second-order valence-electron chi connectivity index (χ2n) is 5.50. The van der Waals surface area contributed by atoms with E-state index in [-0.39, 0.29) is 23.4 Å². The van der Waals surface area contributed by atoms with Crippen LogP contribution in [0.2, 0.25) is 5.02 Å². The van der Waals surface area contributed by atoms with Crippen molar-refractivity contribution in [2.75, 3.05) is 0 Å². The van der Waals surface area contributed by atoms with E-state index in [0.717, 1.165) is 0 Å². The van der Waals surface area contributed by atoms with Gasteiger partial charge in [-0.2, -0.15) is 0 Å². The van der Waals surface area contributed by atoms with Crippen LogP contribution in [0.25, 0.3) is 0 Å². The zero-order valence-corrected chi connectivity index (χ0v) is 13.0. The van der Waals surface area contributed by atoms with Crippen molar-refractivity contribution in [2.24, 2.45) is 0 Å². The van der Waals surface area contributed by atoms with Gasteiger partial charge in [0.25, 0.3) is 0 Å². The molecular formula is C15H18ClFN2O2. The largest absolute Gasteiger partial charge is 0.340 e. The number of piperazine rings is 1. The number of amides is 2. The highest BCUT2D eigenvalue weighted by molar-refractivity contribution is 6.30. The van der Waals surface area contributed by atoms with Crippen molar-refractivity contribution in [2.45, 2.75) is 45.3 Å². The van der Waals surface area contributed by atoms with Crippen molar-refractivity contribution < 1.29 is 14.0 Å². The molecule has 0 saturated carbocycles. The van der Waals surface area contributed by atoms with Crippen LogP contribution in [0, 0.1) is 5.82 Å². The van der Waals surface area contributed by atoms with Gasteiger partial charge in [-0.25, -0.2) is 4.39 Å². The third-order valence-electron chi connectivity index (χ3n) is 4.06. The first-order valence-corrected chi connectivity index (χ1v) is 7.24. The normalized spacial score (nSPS) is 26.0. The highest BCUT2D eigenvalue weighted by atomic mass is 35.5. The fourth-order valence-electron chi connectivity index (χ4n) is 2.37. The van der Waals surface area contributed by atoms with E-state index in [2.05, 4.69) is 5.32 Å². The molecule has 1 aromatic carbocycles. The van der Waals surface area contributed by atoms with Crippen LogP contribution in [0.1, 0.15) is 32.8 Å². The van der Waals surface area contributed by atoms with Gasteiger partial charge < -0.3 is 10.2 Å². The quantitative estimate of drug-likeness (QED) is 0.932. The molecule has 1 aliphatic heterocycles. The van der Waals surface area contributed by atoms with Gasteiger partial charge >= 0.3 is 0 Å². The molecule has 2 atom stereocenters. The first-order chi connectivity index (χ1) is 9.80. The Hall–Kier alpha value is -1.62. The standard InChI is InChI=1S/C15H18ClFN2O2/c1-4-15(3)14(21)19(9(2)13(20)18-15)8-10-6-5-7-11(16)12(10)17/h5-7,9H,4,8H2,1-3H3,(H,18,20). The number of benzene rings is 1. The molecule has 1 aliphatic rings. The topological polar surface area (TPSA) is 49.4 Å². The molecule has 0 bridgehead atoms. The molecule has 2 unspecified atom stereocenters. The average molecular weight is 313 g/mol. The molecule has 0 aromatic heterocycles. The Kier molecular flexibility index (Phi) is 4.23. The van der Waals surface area contributed by atoms with E-state index < -0.39 is 17.4 Å². The van der Waals surface area contributed by atoms with Crippen LogP contribution in [0.4, 0.5) is 4.39 Å². The van der Waals surface area contributed by atoms with Crippen molar-refractivity contribution in [1.29, 1.82) is 0 Å². The molecule has 2 rings (SSSR count). The van der Waals surface area contributed by atoms with Gasteiger partial charge in [-0.3, -0.25) is 9.59 Å². The minimum Gasteiger partial charge on any atom is -0.340 e. The number of carbonyl (C=O) groups excluding carboxylic acids is 2. The van der Waals surface area contributed by atoms with Gasteiger partial charge in [-0.1, -0.05) is 30.7 Å². The van der Waals surface area contributed by atoms with E-state index in [1.165, 1.54) is 11.0 Å². The minimum atomic E-state index is -0.946. The van der Waals surface area contributed by atoms with Gasteiger partial charge in [-0.05, 0) is 26.3 Å². The van der Waals surface area contributed by atoms with Crippen molar-refractivity contribution in [3.05, 3.63) is 34.6 Å². The summed E-state index contributed by atoms with van der Waals surface area (Å²) in [5.41, 5.74) is -0.644. The molecule has 1 fully saturated rings. The van der Waals surface area contributed by atoms with E-state index in [1.54, 1.807) is 26.0 Å². The summed E-state index contributed by atoms with van der Waals surface area (Å²) < 4.78 is 14.0. The number of nitrogens with one attached hydrogen (secondary N) is 1. The van der Waals surface area contributed by atoms with E-state index >= 15 is 0 Å². The number of nitrogens with zero attached hydrogens (tertiary/aromatic N) is 1. The first kappa shape index (κ1) is 15.8. The summed E-state index contributed by atoms with van der Waals surface area (Å²) in [5.74, 6) is -0.999. The Morgan fingerprint density at radius 2 is 2.10 bits per heavy atom. The van der Waals surface area contributed by atoms with Crippen molar-refractivity contribution in [3.63, 3.8) is 0 Å². The fraction of sp³-hybridized carbons (Fsp3) is 0.467.